The van der Waals surface area contributed by atoms with E-state index < -0.39 is 22.0 Å². The van der Waals surface area contributed by atoms with Crippen LogP contribution in [0.15, 0.2) is 0 Å². The third-order valence-electron chi connectivity index (χ3n) is 2.83. The van der Waals surface area contributed by atoms with Crippen molar-refractivity contribution in [2.24, 2.45) is 0 Å². The molecule has 0 aromatic carbocycles. The molecule has 0 aromatic heterocycles. The molecule has 0 bridgehead atoms. The molecule has 7 heteroatoms. The summed E-state index contributed by atoms with van der Waals surface area (Å²) in [4.78, 5) is 0. The first-order chi connectivity index (χ1) is 7.18. The van der Waals surface area contributed by atoms with Gasteiger partial charge in [-0.05, 0) is 33.6 Å². The molecule has 0 spiro atoms. The Kier molecular flexibility index (Phi) is 3.96. The summed E-state index contributed by atoms with van der Waals surface area (Å²) < 4.78 is 31.4. The molecule has 0 amide bonds. The minimum absolute atomic E-state index is 0.152. The number of rotatable bonds is 3. The molecule has 1 heterocycles. The zero-order valence-corrected chi connectivity index (χ0v) is 10.8. The molecule has 1 aliphatic rings. The summed E-state index contributed by atoms with van der Waals surface area (Å²) in [5, 5.41) is 11.0. The van der Waals surface area contributed by atoms with Gasteiger partial charge >= 0.3 is 10.4 Å². The smallest absolute Gasteiger partial charge is 0.313 e. The average Bonchev–Trinajstić information content (AvgIpc) is 2.13. The van der Waals surface area contributed by atoms with Crippen molar-refractivity contribution >= 4 is 10.4 Å². The number of hydrogen-bond donors (Lipinski definition) is 1. The number of nitrogens with zero attached hydrogens (tertiary/aromatic N) is 1. The van der Waals surface area contributed by atoms with Crippen molar-refractivity contribution in [1.29, 1.82) is 0 Å². The number of piperidine rings is 1. The Morgan fingerprint density at radius 2 is 2.00 bits per heavy atom. The van der Waals surface area contributed by atoms with Gasteiger partial charge in [-0.2, -0.15) is 13.5 Å². The Bertz CT molecular complexity index is 340. The fourth-order valence-corrected chi connectivity index (χ4v) is 2.65. The molecule has 0 aromatic rings. The molecule has 2 unspecified atom stereocenters. The summed E-state index contributed by atoms with van der Waals surface area (Å²) in [6.07, 6.45) is 0.414. The Labute approximate surface area is 96.4 Å². The van der Waals surface area contributed by atoms with Crippen LogP contribution < -0.4 is 0 Å². The van der Waals surface area contributed by atoms with E-state index >= 15 is 0 Å². The van der Waals surface area contributed by atoms with Gasteiger partial charge in [-0.25, -0.2) is 4.18 Å². The second-order valence-corrected chi connectivity index (χ2v) is 6.08. The van der Waals surface area contributed by atoms with E-state index in [-0.39, 0.29) is 6.04 Å². The zero-order valence-electron chi connectivity index (χ0n) is 10.0. The molecule has 96 valence electrons. The van der Waals surface area contributed by atoms with Crippen molar-refractivity contribution in [1.82, 2.24) is 5.06 Å². The van der Waals surface area contributed by atoms with Crippen LogP contribution in [-0.2, 0) is 18.8 Å². The monoisotopic (exact) mass is 253 g/mol. The van der Waals surface area contributed by atoms with Crippen LogP contribution in [0.1, 0.15) is 33.6 Å². The maximum Gasteiger partial charge on any atom is 0.399 e. The van der Waals surface area contributed by atoms with Crippen molar-refractivity contribution < 1.29 is 22.0 Å². The Balaban J connectivity index is 2.72. The molecule has 1 saturated heterocycles. The first kappa shape index (κ1) is 13.9. The summed E-state index contributed by atoms with van der Waals surface area (Å²) in [6, 6.07) is -0.152. The molecule has 0 aliphatic carbocycles. The third kappa shape index (κ3) is 3.14. The fourth-order valence-electron chi connectivity index (χ4n) is 2.09. The lowest BCUT2D eigenvalue weighted by molar-refractivity contribution is -0.220. The molecule has 2 atom stereocenters. The van der Waals surface area contributed by atoms with Gasteiger partial charge in [0.2, 0.25) is 0 Å². The van der Waals surface area contributed by atoms with Crippen LogP contribution in [0.3, 0.4) is 0 Å². The summed E-state index contributed by atoms with van der Waals surface area (Å²) in [5.74, 6) is 0. The highest BCUT2D eigenvalue weighted by Gasteiger charge is 2.40. The average molecular weight is 253 g/mol. The van der Waals surface area contributed by atoms with Gasteiger partial charge in [0.05, 0.1) is 13.2 Å². The predicted molar refractivity (Wildman–Crippen MR) is 57.2 cm³/mol. The van der Waals surface area contributed by atoms with E-state index in [4.69, 9.17) is 4.18 Å². The Morgan fingerprint density at radius 1 is 1.44 bits per heavy atom. The minimum Gasteiger partial charge on any atom is -0.313 e. The van der Waals surface area contributed by atoms with Gasteiger partial charge < -0.3 is 5.21 Å². The SMILES string of the molecule is COS(=O)(=O)OC1CC(C)N(O)C(C)(C)C1. The first-order valence-electron chi connectivity index (χ1n) is 5.15. The quantitative estimate of drug-likeness (QED) is 0.806. The maximum absolute atomic E-state index is 11.1. The standard InChI is InChI=1S/C9H19NO5S/c1-7-5-8(15-16(12,13)14-4)6-9(2,3)10(7)11/h7-8,11H,5-6H2,1-4H3. The van der Waals surface area contributed by atoms with Crippen molar-refractivity contribution in [3.8, 4) is 0 Å². The normalized spacial score (nSPS) is 31.6. The molecule has 16 heavy (non-hydrogen) atoms. The van der Waals surface area contributed by atoms with Crippen LogP contribution in [-0.4, -0.2) is 43.5 Å². The van der Waals surface area contributed by atoms with E-state index in [0.29, 0.717) is 12.8 Å². The zero-order chi connectivity index (χ0) is 12.6. The molecule has 1 fully saturated rings. The van der Waals surface area contributed by atoms with Gasteiger partial charge in [-0.15, -0.1) is 0 Å². The first-order valence-corrected chi connectivity index (χ1v) is 6.48. The topological polar surface area (TPSA) is 76.1 Å². The van der Waals surface area contributed by atoms with Gasteiger partial charge in [0, 0.05) is 11.6 Å². The van der Waals surface area contributed by atoms with Crippen molar-refractivity contribution in [2.45, 2.75) is 51.3 Å². The second-order valence-electron chi connectivity index (χ2n) is 4.74. The molecule has 1 aliphatic heterocycles. The maximum atomic E-state index is 11.1. The molecule has 1 rings (SSSR count). The Morgan fingerprint density at radius 3 is 2.44 bits per heavy atom. The largest absolute Gasteiger partial charge is 0.399 e. The van der Waals surface area contributed by atoms with E-state index in [1.165, 1.54) is 5.06 Å². The van der Waals surface area contributed by atoms with Gasteiger partial charge in [0.1, 0.15) is 0 Å². The van der Waals surface area contributed by atoms with Crippen LogP contribution in [0, 0.1) is 0 Å². The van der Waals surface area contributed by atoms with E-state index in [0.717, 1.165) is 7.11 Å². The van der Waals surface area contributed by atoms with Crippen molar-refractivity contribution in [3.63, 3.8) is 0 Å². The summed E-state index contributed by atoms with van der Waals surface area (Å²) in [6.45, 7) is 5.48. The minimum atomic E-state index is -3.91. The second kappa shape index (κ2) is 4.58. The van der Waals surface area contributed by atoms with Crippen LogP contribution >= 0.6 is 0 Å². The van der Waals surface area contributed by atoms with Gasteiger partial charge in [0.15, 0.2) is 0 Å². The summed E-state index contributed by atoms with van der Waals surface area (Å²) in [5.41, 5.74) is -0.508. The number of hydroxylamine groups is 2. The highest BCUT2D eigenvalue weighted by molar-refractivity contribution is 7.81. The van der Waals surface area contributed by atoms with Crippen LogP contribution in [0.2, 0.25) is 0 Å². The van der Waals surface area contributed by atoms with Crippen molar-refractivity contribution in [2.75, 3.05) is 7.11 Å². The van der Waals surface area contributed by atoms with Crippen LogP contribution in [0.4, 0.5) is 0 Å². The molecule has 0 saturated carbocycles. The van der Waals surface area contributed by atoms with Gasteiger partial charge in [-0.1, -0.05) is 0 Å². The summed E-state index contributed by atoms with van der Waals surface area (Å²) in [7, 11) is -2.85. The Hall–Kier alpha value is -0.210. The molecule has 6 nitrogen and oxygen atoms in total. The highest BCUT2D eigenvalue weighted by Crippen LogP contribution is 2.32. The van der Waals surface area contributed by atoms with Crippen LogP contribution in [0.5, 0.6) is 0 Å². The van der Waals surface area contributed by atoms with E-state index in [1.54, 1.807) is 0 Å². The lowest BCUT2D eigenvalue weighted by atomic mass is 9.87. The third-order valence-corrected chi connectivity index (χ3v) is 3.74. The highest BCUT2D eigenvalue weighted by atomic mass is 32.3. The molecule has 1 N–H and O–H groups in total. The number of hydrogen-bond acceptors (Lipinski definition) is 6. The van der Waals surface area contributed by atoms with Crippen molar-refractivity contribution in [3.05, 3.63) is 0 Å². The van der Waals surface area contributed by atoms with Crippen LogP contribution in [0.25, 0.3) is 0 Å². The lowest BCUT2D eigenvalue weighted by Crippen LogP contribution is -2.54. The molecular weight excluding hydrogens is 234 g/mol. The van der Waals surface area contributed by atoms with E-state index in [1.807, 2.05) is 20.8 Å². The van der Waals surface area contributed by atoms with Gasteiger partial charge in [0.25, 0.3) is 0 Å². The van der Waals surface area contributed by atoms with E-state index in [2.05, 4.69) is 4.18 Å². The molecular formula is C9H19NO5S. The fraction of sp³-hybridized carbons (Fsp3) is 1.00. The predicted octanol–water partition coefficient (Wildman–Crippen LogP) is 0.915. The van der Waals surface area contributed by atoms with Gasteiger partial charge in [-0.3, -0.25) is 4.18 Å². The van der Waals surface area contributed by atoms with E-state index in [9.17, 15) is 13.6 Å². The summed E-state index contributed by atoms with van der Waals surface area (Å²) >= 11 is 0. The molecule has 0 radical (unpaired) electrons. The lowest BCUT2D eigenvalue weighted by Gasteiger charge is -2.44.